The highest BCUT2D eigenvalue weighted by atomic mass is 16.6. The first-order valence-corrected chi connectivity index (χ1v) is 3.61. The Labute approximate surface area is 62.1 Å². The Morgan fingerprint density at radius 3 is 2.50 bits per heavy atom. The first-order chi connectivity index (χ1) is 4.68. The lowest BCUT2D eigenvalue weighted by Gasteiger charge is -2.24. The molecule has 3 heteroatoms. The summed E-state index contributed by atoms with van der Waals surface area (Å²) in [7, 11) is 0. The molecular weight excluding hydrogens is 130 g/mol. The second kappa shape index (κ2) is 4.66. The predicted molar refractivity (Wildman–Crippen MR) is 40.2 cm³/mol. The van der Waals surface area contributed by atoms with E-state index < -0.39 is 0 Å². The zero-order chi connectivity index (χ0) is 8.04. The molecule has 62 valence electrons. The third-order valence-electron chi connectivity index (χ3n) is 1.67. The first kappa shape index (κ1) is 9.88. The maximum Gasteiger partial charge on any atom is 0.0754 e. The molecule has 0 aromatic carbocycles. The van der Waals surface area contributed by atoms with E-state index in [-0.39, 0.29) is 12.0 Å². The van der Waals surface area contributed by atoms with Gasteiger partial charge in [-0.2, -0.15) is 0 Å². The number of aliphatic hydroxyl groups excluding tert-OH is 1. The minimum Gasteiger partial charge on any atom is -0.396 e. The molecule has 0 spiro atoms. The van der Waals surface area contributed by atoms with E-state index in [1.165, 1.54) is 0 Å². The van der Waals surface area contributed by atoms with Gasteiger partial charge in [0.15, 0.2) is 0 Å². The Kier molecular flexibility index (Phi) is 4.60. The Hall–Kier alpha value is -0.120. The molecule has 0 heterocycles. The van der Waals surface area contributed by atoms with Crippen LogP contribution in [-0.2, 0) is 4.84 Å². The molecule has 1 unspecified atom stereocenters. The largest absolute Gasteiger partial charge is 0.396 e. The third kappa shape index (κ3) is 3.15. The van der Waals surface area contributed by atoms with Crippen LogP contribution in [-0.4, -0.2) is 18.3 Å². The van der Waals surface area contributed by atoms with Crippen LogP contribution >= 0.6 is 0 Å². The average molecular weight is 147 g/mol. The summed E-state index contributed by atoms with van der Waals surface area (Å²) in [4.78, 5) is 4.49. The van der Waals surface area contributed by atoms with Gasteiger partial charge in [-0.3, -0.25) is 0 Å². The molecule has 0 saturated carbocycles. The third-order valence-corrected chi connectivity index (χ3v) is 1.67. The van der Waals surface area contributed by atoms with E-state index in [2.05, 4.69) is 11.8 Å². The lowest BCUT2D eigenvalue weighted by atomic mass is 9.88. The molecule has 0 rings (SSSR count). The average Bonchev–Trinajstić information content (AvgIpc) is 1.89. The van der Waals surface area contributed by atoms with E-state index in [0.717, 1.165) is 12.8 Å². The summed E-state index contributed by atoms with van der Waals surface area (Å²) in [5.41, 5.74) is -0.149. The number of aliphatic hydroxyl groups is 1. The molecule has 0 amide bonds. The maximum atomic E-state index is 8.91. The summed E-state index contributed by atoms with van der Waals surface area (Å²) in [6.07, 6.45) is 1.99. The van der Waals surface area contributed by atoms with E-state index in [1.807, 2.05) is 6.92 Å². The fourth-order valence-corrected chi connectivity index (χ4v) is 1.00. The highest BCUT2D eigenvalue weighted by Gasteiger charge is 2.21. The van der Waals surface area contributed by atoms with E-state index in [9.17, 15) is 0 Å². The topological polar surface area (TPSA) is 55.5 Å². The lowest BCUT2D eigenvalue weighted by molar-refractivity contribution is 0.0112. The Morgan fingerprint density at radius 2 is 2.20 bits per heavy atom. The zero-order valence-electron chi connectivity index (χ0n) is 6.76. The molecule has 0 aliphatic rings. The Morgan fingerprint density at radius 1 is 1.60 bits per heavy atom. The van der Waals surface area contributed by atoms with Crippen LogP contribution in [0.5, 0.6) is 0 Å². The summed E-state index contributed by atoms with van der Waals surface area (Å²) in [5.74, 6) is 4.91. The minimum absolute atomic E-state index is 0.137. The second-order valence-corrected chi connectivity index (χ2v) is 3.03. The van der Waals surface area contributed by atoms with Gasteiger partial charge in [0.05, 0.1) is 13.2 Å². The highest BCUT2D eigenvalue weighted by molar-refractivity contribution is 4.71. The molecule has 1 atom stereocenters. The van der Waals surface area contributed by atoms with Gasteiger partial charge >= 0.3 is 0 Å². The normalized spacial score (nSPS) is 16.8. The molecule has 0 aliphatic carbocycles. The van der Waals surface area contributed by atoms with Crippen LogP contribution in [0.1, 0.15) is 26.7 Å². The van der Waals surface area contributed by atoms with Crippen LogP contribution in [0.2, 0.25) is 0 Å². The number of hydrogen-bond acceptors (Lipinski definition) is 3. The van der Waals surface area contributed by atoms with E-state index >= 15 is 0 Å². The number of nitrogens with two attached hydrogens (primary N) is 1. The van der Waals surface area contributed by atoms with Crippen molar-refractivity contribution in [3.8, 4) is 0 Å². The van der Waals surface area contributed by atoms with Crippen molar-refractivity contribution in [1.29, 1.82) is 0 Å². The standard InChI is InChI=1S/C7H17NO2/c1-3-4-7(2,5-9)6-10-8/h9H,3-6,8H2,1-2H3. The second-order valence-electron chi connectivity index (χ2n) is 3.03. The van der Waals surface area contributed by atoms with Gasteiger partial charge in [0.25, 0.3) is 0 Å². The van der Waals surface area contributed by atoms with Crippen molar-refractivity contribution in [3.63, 3.8) is 0 Å². The van der Waals surface area contributed by atoms with Crippen molar-refractivity contribution < 1.29 is 9.94 Å². The highest BCUT2D eigenvalue weighted by Crippen LogP contribution is 2.21. The van der Waals surface area contributed by atoms with E-state index in [4.69, 9.17) is 11.0 Å². The van der Waals surface area contributed by atoms with Gasteiger partial charge in [0, 0.05) is 5.41 Å². The van der Waals surface area contributed by atoms with Gasteiger partial charge in [0.2, 0.25) is 0 Å². The van der Waals surface area contributed by atoms with Gasteiger partial charge in [-0.1, -0.05) is 20.3 Å². The van der Waals surface area contributed by atoms with Gasteiger partial charge in [-0.15, -0.1) is 0 Å². The van der Waals surface area contributed by atoms with Crippen molar-refractivity contribution in [2.75, 3.05) is 13.2 Å². The van der Waals surface area contributed by atoms with Gasteiger partial charge in [0.1, 0.15) is 0 Å². The molecule has 0 fully saturated rings. The van der Waals surface area contributed by atoms with E-state index in [0.29, 0.717) is 6.61 Å². The van der Waals surface area contributed by atoms with Crippen LogP contribution in [0.25, 0.3) is 0 Å². The van der Waals surface area contributed by atoms with Crippen molar-refractivity contribution >= 4 is 0 Å². The molecule has 10 heavy (non-hydrogen) atoms. The van der Waals surface area contributed by atoms with Crippen LogP contribution in [0.4, 0.5) is 0 Å². The zero-order valence-corrected chi connectivity index (χ0v) is 6.76. The molecule has 0 aromatic rings. The van der Waals surface area contributed by atoms with Crippen molar-refractivity contribution in [2.24, 2.45) is 11.3 Å². The van der Waals surface area contributed by atoms with E-state index in [1.54, 1.807) is 0 Å². The molecule has 0 aromatic heterocycles. The van der Waals surface area contributed by atoms with Gasteiger partial charge in [-0.25, -0.2) is 5.90 Å². The quantitative estimate of drug-likeness (QED) is 0.562. The smallest absolute Gasteiger partial charge is 0.0754 e. The van der Waals surface area contributed by atoms with Crippen molar-refractivity contribution in [1.82, 2.24) is 0 Å². The van der Waals surface area contributed by atoms with Crippen molar-refractivity contribution in [2.45, 2.75) is 26.7 Å². The van der Waals surface area contributed by atoms with Crippen LogP contribution in [0, 0.1) is 5.41 Å². The Balaban J connectivity index is 3.69. The summed E-state index contributed by atoms with van der Waals surface area (Å²) in [5, 5.41) is 8.91. The summed E-state index contributed by atoms with van der Waals surface area (Å²) >= 11 is 0. The van der Waals surface area contributed by atoms with Crippen LogP contribution in [0.3, 0.4) is 0 Å². The van der Waals surface area contributed by atoms with Gasteiger partial charge < -0.3 is 9.94 Å². The number of rotatable bonds is 5. The minimum atomic E-state index is -0.149. The predicted octanol–water partition coefficient (Wildman–Crippen LogP) is 0.675. The van der Waals surface area contributed by atoms with Crippen LogP contribution < -0.4 is 5.90 Å². The molecule has 0 aliphatic heterocycles. The first-order valence-electron chi connectivity index (χ1n) is 3.61. The molecule has 3 N–H and O–H groups in total. The van der Waals surface area contributed by atoms with Gasteiger partial charge in [-0.05, 0) is 6.42 Å². The fourth-order valence-electron chi connectivity index (χ4n) is 1.00. The van der Waals surface area contributed by atoms with Crippen molar-refractivity contribution in [3.05, 3.63) is 0 Å². The lowest BCUT2D eigenvalue weighted by Crippen LogP contribution is -2.28. The number of hydrogen-bond donors (Lipinski definition) is 2. The maximum absolute atomic E-state index is 8.91. The fraction of sp³-hybridized carbons (Fsp3) is 1.00. The summed E-state index contributed by atoms with van der Waals surface area (Å²) < 4.78 is 0. The molecule has 0 radical (unpaired) electrons. The summed E-state index contributed by atoms with van der Waals surface area (Å²) in [6, 6.07) is 0. The SMILES string of the molecule is CCCC(C)(CO)CON. The molecule has 0 bridgehead atoms. The molecule has 0 saturated heterocycles. The molecular formula is C7H17NO2. The van der Waals surface area contributed by atoms with Crippen LogP contribution in [0.15, 0.2) is 0 Å². The molecule has 3 nitrogen and oxygen atoms in total. The summed E-state index contributed by atoms with van der Waals surface area (Å²) in [6.45, 7) is 4.60. The monoisotopic (exact) mass is 147 g/mol. The Bertz CT molecular complexity index is 79.7.